The highest BCUT2D eigenvalue weighted by Gasteiger charge is 2.37. The Balaban J connectivity index is 2.66. The molecule has 5 nitrogen and oxygen atoms in total. The molecule has 0 saturated heterocycles. The third-order valence-corrected chi connectivity index (χ3v) is 2.99. The van der Waals surface area contributed by atoms with Crippen LogP contribution < -0.4 is 4.74 Å². The van der Waals surface area contributed by atoms with Crippen molar-refractivity contribution in [1.82, 2.24) is 4.98 Å². The fraction of sp³-hybridized carbons (Fsp3) is 0.286. The van der Waals surface area contributed by atoms with E-state index in [2.05, 4.69) is 9.72 Å². The fourth-order valence-electron chi connectivity index (χ4n) is 1.87. The molecule has 11 heteroatoms. The number of rotatable bonds is 3. The second kappa shape index (κ2) is 6.30. The largest absolute Gasteiger partial charge is 0.467 e. The second-order valence-corrected chi connectivity index (χ2v) is 4.65. The van der Waals surface area contributed by atoms with Crippen molar-refractivity contribution in [2.45, 2.75) is 12.4 Å². The van der Waals surface area contributed by atoms with Crippen LogP contribution in [0.2, 0.25) is 0 Å². The average molecular weight is 369 g/mol. The van der Waals surface area contributed by atoms with Crippen LogP contribution in [0, 0.1) is 0 Å². The highest BCUT2D eigenvalue weighted by molar-refractivity contribution is 5.90. The number of benzene rings is 1. The van der Waals surface area contributed by atoms with Crippen molar-refractivity contribution in [3.05, 3.63) is 35.0 Å². The van der Waals surface area contributed by atoms with Crippen LogP contribution in [0.1, 0.15) is 21.6 Å². The fourth-order valence-corrected chi connectivity index (χ4v) is 1.87. The van der Waals surface area contributed by atoms with E-state index in [1.54, 1.807) is 0 Å². The van der Waals surface area contributed by atoms with Crippen molar-refractivity contribution in [2.75, 3.05) is 14.2 Å². The Hall–Kier alpha value is -2.72. The van der Waals surface area contributed by atoms with Gasteiger partial charge in [0.1, 0.15) is 0 Å². The molecule has 0 aliphatic heterocycles. The number of ether oxygens (including phenoxy) is 2. The van der Waals surface area contributed by atoms with Gasteiger partial charge in [-0.25, -0.2) is 4.79 Å². The van der Waals surface area contributed by atoms with E-state index in [9.17, 15) is 31.1 Å². The molecular formula is C14H9F6NO4. The topological polar surface area (TPSA) is 61.6 Å². The zero-order valence-electron chi connectivity index (χ0n) is 12.6. The van der Waals surface area contributed by atoms with E-state index in [4.69, 9.17) is 9.15 Å². The van der Waals surface area contributed by atoms with E-state index in [0.717, 1.165) is 14.2 Å². The maximum absolute atomic E-state index is 12.9. The first-order valence-electron chi connectivity index (χ1n) is 6.40. The maximum Gasteiger partial charge on any atom is 0.416 e. The van der Waals surface area contributed by atoms with E-state index in [1.165, 1.54) is 0 Å². The van der Waals surface area contributed by atoms with Crippen molar-refractivity contribution >= 4 is 5.97 Å². The van der Waals surface area contributed by atoms with Gasteiger partial charge in [-0.15, -0.1) is 0 Å². The lowest BCUT2D eigenvalue weighted by molar-refractivity contribution is -0.143. The highest BCUT2D eigenvalue weighted by atomic mass is 19.4. The summed E-state index contributed by atoms with van der Waals surface area (Å²) in [5, 5.41) is 0. The number of methoxy groups -OCH3 is 2. The molecule has 0 saturated carbocycles. The SMILES string of the molecule is COC(=O)c1nc(-c2cc(C(F)(F)F)cc(C(F)(F)F)c2)oc1OC. The molecule has 0 radical (unpaired) electrons. The van der Waals surface area contributed by atoms with Gasteiger partial charge in [-0.05, 0) is 18.2 Å². The molecule has 0 unspecified atom stereocenters. The first-order chi connectivity index (χ1) is 11.5. The summed E-state index contributed by atoms with van der Waals surface area (Å²) in [4.78, 5) is 15.1. The Morgan fingerprint density at radius 3 is 1.92 bits per heavy atom. The standard InChI is InChI=1S/C14H9F6NO4/c1-23-11(22)9-12(24-2)25-10(21-9)6-3-7(13(15,16)17)5-8(4-6)14(18,19)20/h3-5H,1-2H3. The Morgan fingerprint density at radius 1 is 1.00 bits per heavy atom. The van der Waals surface area contributed by atoms with E-state index < -0.39 is 52.5 Å². The summed E-state index contributed by atoms with van der Waals surface area (Å²) < 4.78 is 91.2. The van der Waals surface area contributed by atoms with Crippen molar-refractivity contribution in [3.63, 3.8) is 0 Å². The Bertz CT molecular complexity index is 761. The first kappa shape index (κ1) is 18.6. The number of aromatic nitrogens is 1. The minimum Gasteiger partial charge on any atom is -0.467 e. The van der Waals surface area contributed by atoms with Crippen molar-refractivity contribution in [3.8, 4) is 17.4 Å². The number of nitrogens with zero attached hydrogens (tertiary/aromatic N) is 1. The Labute approximate surface area is 136 Å². The number of esters is 1. The minimum atomic E-state index is -5.03. The van der Waals surface area contributed by atoms with Gasteiger partial charge in [0.2, 0.25) is 11.6 Å². The number of halogens is 6. The van der Waals surface area contributed by atoms with Crippen LogP contribution in [0.5, 0.6) is 5.95 Å². The smallest absolute Gasteiger partial charge is 0.416 e. The van der Waals surface area contributed by atoms with Gasteiger partial charge in [0.15, 0.2) is 0 Å². The quantitative estimate of drug-likeness (QED) is 0.600. The number of carbonyl (C=O) groups is 1. The molecule has 25 heavy (non-hydrogen) atoms. The Kier molecular flexibility index (Phi) is 4.69. The zero-order valence-corrected chi connectivity index (χ0v) is 12.6. The summed E-state index contributed by atoms with van der Waals surface area (Å²) in [6.07, 6.45) is -10.1. The molecule has 1 aromatic carbocycles. The molecular weight excluding hydrogens is 360 g/mol. The van der Waals surface area contributed by atoms with E-state index in [-0.39, 0.29) is 6.07 Å². The number of alkyl halides is 6. The summed E-state index contributed by atoms with van der Waals surface area (Å²) in [5.41, 5.74) is -4.25. The average Bonchev–Trinajstić information content (AvgIpc) is 2.96. The normalized spacial score (nSPS) is 12.2. The molecule has 0 aliphatic rings. The molecule has 0 aliphatic carbocycles. The van der Waals surface area contributed by atoms with E-state index in [0.29, 0.717) is 12.1 Å². The monoisotopic (exact) mass is 369 g/mol. The van der Waals surface area contributed by atoms with Gasteiger partial charge >= 0.3 is 24.3 Å². The van der Waals surface area contributed by atoms with Crippen LogP contribution in [-0.4, -0.2) is 25.2 Å². The van der Waals surface area contributed by atoms with Crippen LogP contribution in [-0.2, 0) is 17.1 Å². The van der Waals surface area contributed by atoms with Crippen LogP contribution in [0.3, 0.4) is 0 Å². The van der Waals surface area contributed by atoms with Gasteiger partial charge in [-0.3, -0.25) is 0 Å². The molecule has 0 bridgehead atoms. The molecule has 0 atom stereocenters. The molecule has 0 amide bonds. The summed E-state index contributed by atoms with van der Waals surface area (Å²) in [7, 11) is 2.08. The van der Waals surface area contributed by atoms with Crippen molar-refractivity contribution in [2.24, 2.45) is 0 Å². The van der Waals surface area contributed by atoms with E-state index >= 15 is 0 Å². The van der Waals surface area contributed by atoms with Gasteiger partial charge in [-0.2, -0.15) is 31.3 Å². The number of hydrogen-bond acceptors (Lipinski definition) is 5. The second-order valence-electron chi connectivity index (χ2n) is 4.65. The lowest BCUT2D eigenvalue weighted by Gasteiger charge is -2.12. The van der Waals surface area contributed by atoms with Gasteiger partial charge in [0.25, 0.3) is 0 Å². The summed E-state index contributed by atoms with van der Waals surface area (Å²) in [5.74, 6) is -2.20. The maximum atomic E-state index is 12.9. The first-order valence-corrected chi connectivity index (χ1v) is 6.40. The van der Waals surface area contributed by atoms with Gasteiger partial charge in [0.05, 0.1) is 25.3 Å². The summed E-state index contributed by atoms with van der Waals surface area (Å²) in [6, 6.07) is 0.800. The van der Waals surface area contributed by atoms with Crippen molar-refractivity contribution < 1.29 is 45.0 Å². The van der Waals surface area contributed by atoms with Crippen LogP contribution >= 0.6 is 0 Å². The predicted molar refractivity (Wildman–Crippen MR) is 69.8 cm³/mol. The van der Waals surface area contributed by atoms with Crippen LogP contribution in [0.25, 0.3) is 11.5 Å². The highest BCUT2D eigenvalue weighted by Crippen LogP contribution is 2.39. The van der Waals surface area contributed by atoms with Crippen molar-refractivity contribution in [1.29, 1.82) is 0 Å². The molecule has 136 valence electrons. The molecule has 0 N–H and O–H groups in total. The summed E-state index contributed by atoms with van der Waals surface area (Å²) >= 11 is 0. The van der Waals surface area contributed by atoms with Crippen LogP contribution in [0.4, 0.5) is 26.3 Å². The summed E-state index contributed by atoms with van der Waals surface area (Å²) in [6.45, 7) is 0. The number of oxazole rings is 1. The van der Waals surface area contributed by atoms with Gasteiger partial charge < -0.3 is 13.9 Å². The molecule has 0 fully saturated rings. The zero-order chi connectivity index (χ0) is 19.0. The van der Waals surface area contributed by atoms with Gasteiger partial charge in [-0.1, -0.05) is 0 Å². The third kappa shape index (κ3) is 3.86. The molecule has 0 spiro atoms. The molecule has 1 heterocycles. The molecule has 2 aromatic rings. The van der Waals surface area contributed by atoms with Crippen LogP contribution in [0.15, 0.2) is 22.6 Å². The molecule has 2 rings (SSSR count). The predicted octanol–water partition coefficient (Wildman–Crippen LogP) is 4.17. The molecule has 1 aromatic heterocycles. The van der Waals surface area contributed by atoms with Gasteiger partial charge in [0, 0.05) is 5.56 Å². The van der Waals surface area contributed by atoms with E-state index in [1.807, 2.05) is 0 Å². The lowest BCUT2D eigenvalue weighted by atomic mass is 10.0. The lowest BCUT2D eigenvalue weighted by Crippen LogP contribution is -2.11. The third-order valence-electron chi connectivity index (χ3n) is 2.99. The minimum absolute atomic E-state index is 0.0368. The number of hydrogen-bond donors (Lipinski definition) is 0. The number of carbonyl (C=O) groups excluding carboxylic acids is 1. The Morgan fingerprint density at radius 2 is 1.52 bits per heavy atom.